The van der Waals surface area contributed by atoms with Crippen LogP contribution in [0.25, 0.3) is 0 Å². The third-order valence-electron chi connectivity index (χ3n) is 4.46. The van der Waals surface area contributed by atoms with Crippen molar-refractivity contribution in [2.45, 2.75) is 45.4 Å². The molecule has 4 heteroatoms. The Hall–Kier alpha value is -2.36. The zero-order valence-electron chi connectivity index (χ0n) is 14.3. The van der Waals surface area contributed by atoms with Crippen molar-refractivity contribution in [2.24, 2.45) is 5.92 Å². The summed E-state index contributed by atoms with van der Waals surface area (Å²) in [5.41, 5.74) is 1.52. The zero-order chi connectivity index (χ0) is 17.5. The van der Waals surface area contributed by atoms with Gasteiger partial charge in [-0.3, -0.25) is 4.79 Å². The van der Waals surface area contributed by atoms with Gasteiger partial charge in [0.05, 0.1) is 0 Å². The molecule has 24 heavy (non-hydrogen) atoms. The van der Waals surface area contributed by atoms with Crippen LogP contribution < -0.4 is 5.56 Å². The van der Waals surface area contributed by atoms with E-state index in [9.17, 15) is 9.59 Å². The van der Waals surface area contributed by atoms with Crippen molar-refractivity contribution < 1.29 is 9.90 Å². The van der Waals surface area contributed by atoms with Gasteiger partial charge >= 0.3 is 6.09 Å². The van der Waals surface area contributed by atoms with Gasteiger partial charge in [0.1, 0.15) is 0 Å². The van der Waals surface area contributed by atoms with Gasteiger partial charge in [0.25, 0.3) is 5.56 Å². The first-order chi connectivity index (χ1) is 11.5. The van der Waals surface area contributed by atoms with Gasteiger partial charge in [-0.05, 0) is 42.7 Å². The smallest absolute Gasteiger partial charge is 0.418 e. The minimum Gasteiger partial charge on any atom is -0.464 e. The van der Waals surface area contributed by atoms with Crippen LogP contribution in [-0.2, 0) is 6.42 Å². The molecule has 0 fully saturated rings. The van der Waals surface area contributed by atoms with Gasteiger partial charge in [-0.25, -0.2) is 9.36 Å². The van der Waals surface area contributed by atoms with Crippen LogP contribution in [-0.4, -0.2) is 15.8 Å². The van der Waals surface area contributed by atoms with Crippen molar-refractivity contribution in [2.75, 3.05) is 0 Å². The summed E-state index contributed by atoms with van der Waals surface area (Å²) in [6.45, 7) is 4.17. The molecule has 1 aromatic heterocycles. The van der Waals surface area contributed by atoms with Crippen molar-refractivity contribution in [3.05, 3.63) is 70.1 Å². The Morgan fingerprint density at radius 1 is 1.08 bits per heavy atom. The molecule has 1 unspecified atom stereocenters. The summed E-state index contributed by atoms with van der Waals surface area (Å²) in [5, 5.41) is 9.11. The minimum absolute atomic E-state index is 0.0834. The number of hydrogen-bond donors (Lipinski definition) is 1. The highest BCUT2D eigenvalue weighted by molar-refractivity contribution is 5.67. The maximum absolute atomic E-state index is 12.4. The lowest BCUT2D eigenvalue weighted by molar-refractivity contribution is 0.195. The number of carboxylic acid groups (broad SMARTS) is 1. The second-order valence-electron chi connectivity index (χ2n) is 6.50. The quantitative estimate of drug-likeness (QED) is 0.760. The number of carbonyl (C=O) groups is 1. The van der Waals surface area contributed by atoms with E-state index in [1.807, 2.05) is 18.2 Å². The van der Waals surface area contributed by atoms with E-state index in [4.69, 9.17) is 5.11 Å². The van der Waals surface area contributed by atoms with Crippen LogP contribution in [0.3, 0.4) is 0 Å². The molecule has 4 nitrogen and oxygen atoms in total. The Morgan fingerprint density at radius 2 is 1.79 bits per heavy atom. The lowest BCUT2D eigenvalue weighted by Gasteiger charge is -2.21. The Balaban J connectivity index is 2.04. The van der Waals surface area contributed by atoms with Crippen molar-refractivity contribution in [3.8, 4) is 0 Å². The maximum Gasteiger partial charge on any atom is 0.418 e. The van der Waals surface area contributed by atoms with Gasteiger partial charge in [-0.15, -0.1) is 0 Å². The van der Waals surface area contributed by atoms with E-state index in [1.165, 1.54) is 11.8 Å². The number of hydrogen-bond acceptors (Lipinski definition) is 2. The molecular weight excluding hydrogens is 302 g/mol. The second-order valence-corrected chi connectivity index (χ2v) is 6.50. The number of aryl methyl sites for hydroxylation is 1. The highest BCUT2D eigenvalue weighted by atomic mass is 16.4. The third-order valence-corrected chi connectivity index (χ3v) is 4.46. The normalized spacial score (nSPS) is 12.3. The molecule has 0 aliphatic rings. The molecule has 0 aliphatic carbocycles. The van der Waals surface area contributed by atoms with Gasteiger partial charge in [-0.2, -0.15) is 0 Å². The summed E-state index contributed by atoms with van der Waals surface area (Å²) in [6, 6.07) is 13.8. The Kier molecular flexibility index (Phi) is 6.36. The number of rotatable bonds is 7. The number of benzene rings is 1. The van der Waals surface area contributed by atoms with E-state index in [0.717, 1.165) is 30.3 Å². The topological polar surface area (TPSA) is 59.3 Å². The van der Waals surface area contributed by atoms with Crippen LogP contribution in [0.15, 0.2) is 53.5 Å². The van der Waals surface area contributed by atoms with Crippen LogP contribution >= 0.6 is 0 Å². The summed E-state index contributed by atoms with van der Waals surface area (Å²) in [4.78, 5) is 23.5. The average Bonchev–Trinajstić information content (AvgIpc) is 2.56. The first-order valence-electron chi connectivity index (χ1n) is 8.49. The van der Waals surface area contributed by atoms with Gasteiger partial charge in [0.2, 0.25) is 0 Å². The predicted octanol–water partition coefficient (Wildman–Crippen LogP) is 4.53. The van der Waals surface area contributed by atoms with Gasteiger partial charge < -0.3 is 5.11 Å². The molecule has 0 amide bonds. The largest absolute Gasteiger partial charge is 0.464 e. The molecule has 0 spiro atoms. The summed E-state index contributed by atoms with van der Waals surface area (Å²) in [7, 11) is 0. The molecule has 0 aliphatic heterocycles. The summed E-state index contributed by atoms with van der Waals surface area (Å²) in [5.74, 6) is 0.374. The lowest BCUT2D eigenvalue weighted by Crippen LogP contribution is -2.30. The van der Waals surface area contributed by atoms with Crippen LogP contribution in [0.1, 0.15) is 50.2 Å². The fraction of sp³-hybridized carbons (Fsp3) is 0.400. The SMILES string of the molecule is CC(C)C(CCCCc1ccccc1)c1cccn(C(=O)O)c1=O. The van der Waals surface area contributed by atoms with Crippen LogP contribution in [0, 0.1) is 5.92 Å². The van der Waals surface area contributed by atoms with E-state index in [0.29, 0.717) is 11.5 Å². The highest BCUT2D eigenvalue weighted by Crippen LogP contribution is 2.27. The fourth-order valence-electron chi connectivity index (χ4n) is 3.13. The van der Waals surface area contributed by atoms with Gasteiger partial charge in [0.15, 0.2) is 0 Å². The number of aromatic nitrogens is 1. The monoisotopic (exact) mass is 327 g/mol. The molecular formula is C20H25NO3. The molecule has 2 aromatic rings. The van der Waals surface area contributed by atoms with Crippen LogP contribution in [0.2, 0.25) is 0 Å². The minimum atomic E-state index is -1.23. The number of unbranched alkanes of at least 4 members (excludes halogenated alkanes) is 1. The van der Waals surface area contributed by atoms with Crippen molar-refractivity contribution in [1.29, 1.82) is 0 Å². The maximum atomic E-state index is 12.4. The molecule has 0 saturated heterocycles. The van der Waals surface area contributed by atoms with Crippen molar-refractivity contribution in [3.63, 3.8) is 0 Å². The summed E-state index contributed by atoms with van der Waals surface area (Å²) in [6.07, 6.45) is 4.07. The van der Waals surface area contributed by atoms with Crippen molar-refractivity contribution in [1.82, 2.24) is 4.57 Å². The standard InChI is InChI=1S/C20H25NO3/c1-15(2)17(12-7-6-11-16-9-4-3-5-10-16)18-13-8-14-21(19(18)22)20(23)24/h3-5,8-10,13-15,17H,6-7,11-12H2,1-2H3,(H,23,24). The highest BCUT2D eigenvalue weighted by Gasteiger charge is 2.20. The van der Waals surface area contributed by atoms with Crippen LogP contribution in [0.4, 0.5) is 4.79 Å². The average molecular weight is 327 g/mol. The molecule has 1 atom stereocenters. The second kappa shape index (κ2) is 8.48. The van der Waals surface area contributed by atoms with E-state index in [1.54, 1.807) is 12.1 Å². The predicted molar refractivity (Wildman–Crippen MR) is 95.7 cm³/mol. The molecule has 2 rings (SSSR count). The van der Waals surface area contributed by atoms with E-state index < -0.39 is 11.7 Å². The molecule has 0 radical (unpaired) electrons. The zero-order valence-corrected chi connectivity index (χ0v) is 14.3. The van der Waals surface area contributed by atoms with E-state index in [-0.39, 0.29) is 5.92 Å². The number of nitrogens with zero attached hydrogens (tertiary/aromatic N) is 1. The first-order valence-corrected chi connectivity index (χ1v) is 8.49. The van der Waals surface area contributed by atoms with E-state index in [2.05, 4.69) is 26.0 Å². The lowest BCUT2D eigenvalue weighted by atomic mass is 9.84. The van der Waals surface area contributed by atoms with Gasteiger partial charge in [-0.1, -0.05) is 56.7 Å². The molecule has 1 N–H and O–H groups in total. The summed E-state index contributed by atoms with van der Waals surface area (Å²) >= 11 is 0. The van der Waals surface area contributed by atoms with Gasteiger partial charge in [0, 0.05) is 11.8 Å². The Morgan fingerprint density at radius 3 is 2.42 bits per heavy atom. The molecule has 1 heterocycles. The Labute approximate surface area is 142 Å². The molecule has 128 valence electrons. The fourth-order valence-corrected chi connectivity index (χ4v) is 3.13. The molecule has 0 bridgehead atoms. The first kappa shape index (κ1) is 18.0. The van der Waals surface area contributed by atoms with Crippen molar-refractivity contribution >= 4 is 6.09 Å². The molecule has 0 saturated carbocycles. The number of pyridine rings is 1. The van der Waals surface area contributed by atoms with E-state index >= 15 is 0 Å². The Bertz CT molecular complexity index is 719. The summed E-state index contributed by atoms with van der Waals surface area (Å²) < 4.78 is 0.773. The van der Waals surface area contributed by atoms with Crippen LogP contribution in [0.5, 0.6) is 0 Å². The molecule has 1 aromatic carbocycles. The third kappa shape index (κ3) is 4.57.